The third-order valence-corrected chi connectivity index (χ3v) is 5.89. The Labute approximate surface area is 177 Å². The summed E-state index contributed by atoms with van der Waals surface area (Å²) >= 11 is 1.08. The number of amides is 1. The first kappa shape index (κ1) is 21.5. The maximum Gasteiger partial charge on any atom is 0.266 e. The summed E-state index contributed by atoms with van der Waals surface area (Å²) < 4.78 is 14.7. The summed E-state index contributed by atoms with van der Waals surface area (Å²) in [4.78, 5) is 30.2. The lowest BCUT2D eigenvalue weighted by molar-refractivity contribution is -0.120. The standard InChI is InChI=1S/C22H21FN4O2S/c1-14(2)22(3,13-24)26-19(28)12-30-21-25-18-7-5-4-6-17(18)20(29)27(21)16-10-8-15(23)9-11-16/h4-11,14H,12H2,1-3H3,(H,26,28)/t22-/m1/s1. The molecule has 0 spiro atoms. The molecule has 1 heterocycles. The molecule has 0 radical (unpaired) electrons. The number of hydrogen-bond donors (Lipinski definition) is 1. The average molecular weight is 425 g/mol. The van der Waals surface area contributed by atoms with Gasteiger partial charge in [-0.2, -0.15) is 5.26 Å². The lowest BCUT2D eigenvalue weighted by Crippen LogP contribution is -2.49. The maximum absolute atomic E-state index is 13.4. The van der Waals surface area contributed by atoms with Crippen LogP contribution in [-0.4, -0.2) is 26.8 Å². The van der Waals surface area contributed by atoms with E-state index in [1.54, 1.807) is 31.2 Å². The summed E-state index contributed by atoms with van der Waals surface area (Å²) in [5, 5.41) is 12.9. The molecule has 3 rings (SSSR count). The molecule has 0 saturated heterocycles. The highest BCUT2D eigenvalue weighted by atomic mass is 32.2. The van der Waals surface area contributed by atoms with E-state index in [1.165, 1.54) is 28.8 Å². The van der Waals surface area contributed by atoms with Gasteiger partial charge < -0.3 is 5.32 Å². The molecule has 0 aliphatic heterocycles. The number of nitriles is 1. The first-order valence-electron chi connectivity index (χ1n) is 9.38. The Kier molecular flexibility index (Phi) is 6.22. The topological polar surface area (TPSA) is 87.8 Å². The Hall–Kier alpha value is -3.18. The largest absolute Gasteiger partial charge is 0.337 e. The predicted octanol–water partition coefficient (Wildman–Crippen LogP) is 3.67. The number of nitrogens with one attached hydrogen (secondary N) is 1. The minimum absolute atomic E-state index is 0.0318. The zero-order chi connectivity index (χ0) is 21.9. The number of carbonyl (C=O) groups is 1. The Morgan fingerprint density at radius 3 is 2.57 bits per heavy atom. The van der Waals surface area contributed by atoms with Crippen LogP contribution in [0.4, 0.5) is 4.39 Å². The van der Waals surface area contributed by atoms with Gasteiger partial charge in [0.15, 0.2) is 5.16 Å². The van der Waals surface area contributed by atoms with Crippen molar-refractivity contribution in [3.63, 3.8) is 0 Å². The van der Waals surface area contributed by atoms with Crippen LogP contribution >= 0.6 is 11.8 Å². The highest BCUT2D eigenvalue weighted by molar-refractivity contribution is 7.99. The van der Waals surface area contributed by atoms with Crippen molar-refractivity contribution >= 4 is 28.6 Å². The van der Waals surface area contributed by atoms with E-state index in [4.69, 9.17) is 0 Å². The summed E-state index contributed by atoms with van der Waals surface area (Å²) in [7, 11) is 0. The van der Waals surface area contributed by atoms with Gasteiger partial charge in [0.05, 0.1) is 28.4 Å². The molecule has 2 aromatic carbocycles. The van der Waals surface area contributed by atoms with Gasteiger partial charge in [0, 0.05) is 0 Å². The highest BCUT2D eigenvalue weighted by Gasteiger charge is 2.30. The van der Waals surface area contributed by atoms with Gasteiger partial charge in [-0.05, 0) is 49.2 Å². The van der Waals surface area contributed by atoms with E-state index in [0.717, 1.165) is 11.8 Å². The molecule has 30 heavy (non-hydrogen) atoms. The van der Waals surface area contributed by atoms with Crippen LogP contribution in [0, 0.1) is 23.1 Å². The van der Waals surface area contributed by atoms with Crippen LogP contribution in [0.2, 0.25) is 0 Å². The number of carbonyl (C=O) groups excluding carboxylic acids is 1. The van der Waals surface area contributed by atoms with Gasteiger partial charge in [0.25, 0.3) is 5.56 Å². The number of rotatable bonds is 6. The predicted molar refractivity (Wildman–Crippen MR) is 115 cm³/mol. The van der Waals surface area contributed by atoms with E-state index in [-0.39, 0.29) is 23.1 Å². The molecule has 0 saturated carbocycles. The number of halogens is 1. The Morgan fingerprint density at radius 1 is 1.27 bits per heavy atom. The Morgan fingerprint density at radius 2 is 1.93 bits per heavy atom. The van der Waals surface area contributed by atoms with Gasteiger partial charge in [0.2, 0.25) is 5.91 Å². The smallest absolute Gasteiger partial charge is 0.266 e. The quantitative estimate of drug-likeness (QED) is 0.482. The first-order valence-corrected chi connectivity index (χ1v) is 10.4. The van der Waals surface area contributed by atoms with Crippen molar-refractivity contribution in [3.05, 3.63) is 64.7 Å². The number of fused-ring (bicyclic) bond motifs is 1. The lowest BCUT2D eigenvalue weighted by atomic mass is 9.90. The van der Waals surface area contributed by atoms with Crippen molar-refractivity contribution in [3.8, 4) is 11.8 Å². The third-order valence-electron chi connectivity index (χ3n) is 4.95. The third kappa shape index (κ3) is 4.36. The van der Waals surface area contributed by atoms with E-state index < -0.39 is 11.4 Å². The summed E-state index contributed by atoms with van der Waals surface area (Å²) in [6, 6.07) is 14.6. The Balaban J connectivity index is 1.98. The van der Waals surface area contributed by atoms with Crippen LogP contribution in [0.1, 0.15) is 20.8 Å². The van der Waals surface area contributed by atoms with Crippen LogP contribution in [0.25, 0.3) is 16.6 Å². The molecule has 0 fully saturated rings. The molecular weight excluding hydrogens is 403 g/mol. The Bertz CT molecular complexity index is 1180. The number of nitrogens with zero attached hydrogens (tertiary/aromatic N) is 3. The fourth-order valence-corrected chi connectivity index (χ4v) is 3.60. The summed E-state index contributed by atoms with van der Waals surface area (Å²) in [5.74, 6) is -0.868. The van der Waals surface area contributed by atoms with Gasteiger partial charge in [0.1, 0.15) is 11.4 Å². The molecule has 1 atom stereocenters. The van der Waals surface area contributed by atoms with Crippen LogP contribution in [0.15, 0.2) is 58.5 Å². The number of para-hydroxylation sites is 1. The van der Waals surface area contributed by atoms with Crippen LogP contribution in [0.5, 0.6) is 0 Å². The van der Waals surface area contributed by atoms with Gasteiger partial charge in [-0.15, -0.1) is 0 Å². The second kappa shape index (κ2) is 8.67. The first-order chi connectivity index (χ1) is 14.2. The maximum atomic E-state index is 13.4. The molecule has 8 heteroatoms. The monoisotopic (exact) mass is 424 g/mol. The molecular formula is C22H21FN4O2S. The fourth-order valence-electron chi connectivity index (χ4n) is 2.78. The zero-order valence-corrected chi connectivity index (χ0v) is 17.7. The van der Waals surface area contributed by atoms with Crippen molar-refractivity contribution in [1.82, 2.24) is 14.9 Å². The van der Waals surface area contributed by atoms with Crippen molar-refractivity contribution in [2.45, 2.75) is 31.5 Å². The van der Waals surface area contributed by atoms with E-state index >= 15 is 0 Å². The second-order valence-corrected chi connectivity index (χ2v) is 8.28. The molecule has 6 nitrogen and oxygen atoms in total. The summed E-state index contributed by atoms with van der Waals surface area (Å²) in [6.07, 6.45) is 0. The van der Waals surface area contributed by atoms with Gasteiger partial charge in [-0.1, -0.05) is 37.7 Å². The number of thioether (sulfide) groups is 1. The van der Waals surface area contributed by atoms with Crippen molar-refractivity contribution in [2.24, 2.45) is 5.92 Å². The minimum atomic E-state index is -0.995. The van der Waals surface area contributed by atoms with Crippen LogP contribution in [-0.2, 0) is 4.79 Å². The van der Waals surface area contributed by atoms with Gasteiger partial charge >= 0.3 is 0 Å². The SMILES string of the molecule is CC(C)[C@@](C)(C#N)NC(=O)CSc1nc2ccccc2c(=O)n1-c1ccc(F)cc1. The van der Waals surface area contributed by atoms with E-state index in [9.17, 15) is 19.2 Å². The molecule has 3 aromatic rings. The van der Waals surface area contributed by atoms with Crippen molar-refractivity contribution in [2.75, 3.05) is 5.75 Å². The molecule has 1 aromatic heterocycles. The molecule has 0 aliphatic carbocycles. The summed E-state index contributed by atoms with van der Waals surface area (Å²) in [6.45, 7) is 5.38. The van der Waals surface area contributed by atoms with Crippen molar-refractivity contribution < 1.29 is 9.18 Å². The van der Waals surface area contributed by atoms with Crippen LogP contribution < -0.4 is 10.9 Å². The van der Waals surface area contributed by atoms with E-state index in [0.29, 0.717) is 21.7 Å². The lowest BCUT2D eigenvalue weighted by Gasteiger charge is -2.27. The number of hydrogen-bond acceptors (Lipinski definition) is 5. The second-order valence-electron chi connectivity index (χ2n) is 7.33. The van der Waals surface area contributed by atoms with Crippen molar-refractivity contribution in [1.29, 1.82) is 5.26 Å². The molecule has 0 aliphatic rings. The fraction of sp³-hybridized carbons (Fsp3) is 0.273. The average Bonchev–Trinajstić information content (AvgIpc) is 2.73. The molecule has 1 amide bonds. The normalized spacial score (nSPS) is 13.1. The van der Waals surface area contributed by atoms with E-state index in [2.05, 4.69) is 16.4 Å². The van der Waals surface area contributed by atoms with Gasteiger partial charge in [-0.25, -0.2) is 9.37 Å². The molecule has 1 N–H and O–H groups in total. The number of benzene rings is 2. The number of aromatic nitrogens is 2. The summed E-state index contributed by atoms with van der Waals surface area (Å²) in [5.41, 5.74) is -0.343. The molecule has 0 unspecified atom stereocenters. The zero-order valence-electron chi connectivity index (χ0n) is 16.8. The molecule has 154 valence electrons. The van der Waals surface area contributed by atoms with Crippen LogP contribution in [0.3, 0.4) is 0 Å². The highest BCUT2D eigenvalue weighted by Crippen LogP contribution is 2.22. The minimum Gasteiger partial charge on any atom is -0.337 e. The molecule has 0 bridgehead atoms. The van der Waals surface area contributed by atoms with Gasteiger partial charge in [-0.3, -0.25) is 14.2 Å². The van der Waals surface area contributed by atoms with E-state index in [1.807, 2.05) is 13.8 Å².